The van der Waals surface area contributed by atoms with Gasteiger partial charge in [-0.25, -0.2) is 4.98 Å². The van der Waals surface area contributed by atoms with Crippen LogP contribution in [0.25, 0.3) is 0 Å². The van der Waals surface area contributed by atoms with Crippen molar-refractivity contribution in [2.24, 2.45) is 0 Å². The Morgan fingerprint density at radius 3 is 2.67 bits per heavy atom. The number of hydrogen-bond acceptors (Lipinski definition) is 4. The van der Waals surface area contributed by atoms with Crippen molar-refractivity contribution in [1.82, 2.24) is 4.98 Å². The van der Waals surface area contributed by atoms with Gasteiger partial charge >= 0.3 is 0 Å². The number of aliphatic hydroxyl groups is 1. The summed E-state index contributed by atoms with van der Waals surface area (Å²) in [6.07, 6.45) is 3.28. The highest BCUT2D eigenvalue weighted by Gasteiger charge is 2.32. The molecule has 2 aromatic rings. The highest BCUT2D eigenvalue weighted by molar-refractivity contribution is 5.55. The van der Waals surface area contributed by atoms with E-state index in [1.165, 1.54) is 0 Å². The quantitative estimate of drug-likeness (QED) is 0.914. The van der Waals surface area contributed by atoms with E-state index in [4.69, 9.17) is 0 Å². The molecular formula is C17H17N3O. The minimum atomic E-state index is -0.583. The summed E-state index contributed by atoms with van der Waals surface area (Å²) in [5.74, 6) is 0.678. The molecule has 4 heteroatoms. The Morgan fingerprint density at radius 2 is 2.00 bits per heavy atom. The number of aromatic nitrogens is 1. The molecule has 0 radical (unpaired) electrons. The van der Waals surface area contributed by atoms with Crippen LogP contribution in [0, 0.1) is 11.3 Å². The first-order chi connectivity index (χ1) is 10.3. The fourth-order valence-electron chi connectivity index (χ4n) is 2.47. The molecule has 1 aromatic heterocycles. The minimum absolute atomic E-state index is 0.380. The van der Waals surface area contributed by atoms with Gasteiger partial charge in [0.25, 0.3) is 0 Å². The van der Waals surface area contributed by atoms with Crippen LogP contribution < -0.4 is 4.90 Å². The average molecular weight is 279 g/mol. The molecule has 21 heavy (non-hydrogen) atoms. The molecule has 1 atom stereocenters. The van der Waals surface area contributed by atoms with E-state index in [0.717, 1.165) is 18.4 Å². The Bertz CT molecular complexity index is 647. The van der Waals surface area contributed by atoms with Crippen LogP contribution in [0.1, 0.15) is 30.1 Å². The van der Waals surface area contributed by atoms with Gasteiger partial charge in [0, 0.05) is 18.8 Å². The van der Waals surface area contributed by atoms with Gasteiger partial charge in [-0.15, -0.1) is 0 Å². The van der Waals surface area contributed by atoms with Gasteiger partial charge in [-0.2, -0.15) is 5.26 Å². The van der Waals surface area contributed by atoms with E-state index < -0.39 is 6.10 Å². The lowest BCUT2D eigenvalue weighted by Gasteiger charge is -2.27. The van der Waals surface area contributed by atoms with Crippen molar-refractivity contribution in [3.63, 3.8) is 0 Å². The molecule has 1 unspecified atom stereocenters. The third-order valence-electron chi connectivity index (χ3n) is 3.72. The molecule has 1 fully saturated rings. The van der Waals surface area contributed by atoms with Crippen molar-refractivity contribution < 1.29 is 5.11 Å². The third kappa shape index (κ3) is 3.04. The molecule has 0 bridgehead atoms. The van der Waals surface area contributed by atoms with Crippen molar-refractivity contribution in [3.05, 3.63) is 59.8 Å². The molecule has 0 spiro atoms. The smallest absolute Gasteiger partial charge is 0.146 e. The predicted octanol–water partition coefficient (Wildman–Crippen LogP) is 2.66. The van der Waals surface area contributed by atoms with Crippen LogP contribution in [0.15, 0.2) is 48.7 Å². The van der Waals surface area contributed by atoms with E-state index in [9.17, 15) is 10.4 Å². The van der Waals surface area contributed by atoms with Crippen molar-refractivity contribution >= 4 is 5.82 Å². The normalized spacial score (nSPS) is 15.2. The SMILES string of the molecule is N#Cc1cccnc1N(CC(O)c1ccccc1)C1CC1. The van der Waals surface area contributed by atoms with Gasteiger partial charge in [0.2, 0.25) is 0 Å². The Hall–Kier alpha value is -2.38. The first-order valence-electron chi connectivity index (χ1n) is 7.14. The minimum Gasteiger partial charge on any atom is -0.387 e. The Kier molecular flexibility index (Phi) is 3.85. The van der Waals surface area contributed by atoms with E-state index in [1.807, 2.05) is 30.3 Å². The topological polar surface area (TPSA) is 60.2 Å². The fraction of sp³-hybridized carbons (Fsp3) is 0.294. The number of benzene rings is 1. The Balaban J connectivity index is 1.84. The molecule has 1 saturated carbocycles. The number of nitriles is 1. The van der Waals surface area contributed by atoms with Gasteiger partial charge < -0.3 is 10.0 Å². The van der Waals surface area contributed by atoms with E-state index in [2.05, 4.69) is 16.0 Å². The summed E-state index contributed by atoms with van der Waals surface area (Å²) in [7, 11) is 0. The van der Waals surface area contributed by atoms with Crippen LogP contribution >= 0.6 is 0 Å². The number of nitrogens with zero attached hydrogens (tertiary/aromatic N) is 3. The van der Waals surface area contributed by atoms with Gasteiger partial charge in [0.05, 0.1) is 11.7 Å². The van der Waals surface area contributed by atoms with Crippen LogP contribution in [-0.2, 0) is 0 Å². The van der Waals surface area contributed by atoms with Crippen LogP contribution in [0.4, 0.5) is 5.82 Å². The molecule has 1 heterocycles. The molecule has 1 aliphatic carbocycles. The van der Waals surface area contributed by atoms with Gasteiger partial charge in [-0.05, 0) is 30.5 Å². The predicted molar refractivity (Wildman–Crippen MR) is 80.7 cm³/mol. The zero-order valence-corrected chi connectivity index (χ0v) is 11.7. The number of aliphatic hydroxyl groups excluding tert-OH is 1. The zero-order valence-electron chi connectivity index (χ0n) is 11.7. The lowest BCUT2D eigenvalue weighted by atomic mass is 10.1. The molecule has 3 rings (SSSR count). The van der Waals surface area contributed by atoms with Gasteiger partial charge in [0.1, 0.15) is 11.9 Å². The van der Waals surface area contributed by atoms with Gasteiger partial charge in [-0.1, -0.05) is 30.3 Å². The molecule has 0 amide bonds. The largest absolute Gasteiger partial charge is 0.387 e. The maximum Gasteiger partial charge on any atom is 0.146 e. The van der Waals surface area contributed by atoms with Crippen molar-refractivity contribution in [3.8, 4) is 6.07 Å². The second-order valence-corrected chi connectivity index (χ2v) is 5.30. The number of pyridine rings is 1. The van der Waals surface area contributed by atoms with Crippen molar-refractivity contribution in [2.75, 3.05) is 11.4 Å². The van der Waals surface area contributed by atoms with Crippen LogP contribution in [0.5, 0.6) is 0 Å². The third-order valence-corrected chi connectivity index (χ3v) is 3.72. The van der Waals surface area contributed by atoms with Crippen molar-refractivity contribution in [1.29, 1.82) is 5.26 Å². The molecule has 1 aromatic carbocycles. The van der Waals surface area contributed by atoms with Gasteiger partial charge in [0.15, 0.2) is 0 Å². The lowest BCUT2D eigenvalue weighted by Crippen LogP contribution is -2.32. The summed E-state index contributed by atoms with van der Waals surface area (Å²) in [6.45, 7) is 0.459. The number of anilines is 1. The lowest BCUT2D eigenvalue weighted by molar-refractivity contribution is 0.182. The standard InChI is InChI=1S/C17H17N3O/c18-11-14-7-4-10-19-17(14)20(15-8-9-15)12-16(21)13-5-2-1-3-6-13/h1-7,10,15-16,21H,8-9,12H2. The zero-order chi connectivity index (χ0) is 14.7. The van der Waals surface area contributed by atoms with E-state index in [0.29, 0.717) is 24.0 Å². The Morgan fingerprint density at radius 1 is 1.24 bits per heavy atom. The monoisotopic (exact) mass is 279 g/mol. The maximum absolute atomic E-state index is 10.4. The van der Waals surface area contributed by atoms with Crippen LogP contribution in [-0.4, -0.2) is 22.7 Å². The summed E-state index contributed by atoms with van der Waals surface area (Å²) in [5.41, 5.74) is 1.45. The highest BCUT2D eigenvalue weighted by atomic mass is 16.3. The number of hydrogen-bond donors (Lipinski definition) is 1. The number of rotatable bonds is 5. The molecule has 4 nitrogen and oxygen atoms in total. The molecule has 106 valence electrons. The van der Waals surface area contributed by atoms with Crippen molar-refractivity contribution in [2.45, 2.75) is 25.0 Å². The highest BCUT2D eigenvalue weighted by Crippen LogP contribution is 2.33. The molecule has 1 N–H and O–H groups in total. The van der Waals surface area contributed by atoms with E-state index in [1.54, 1.807) is 18.3 Å². The summed E-state index contributed by atoms with van der Waals surface area (Å²) >= 11 is 0. The van der Waals surface area contributed by atoms with E-state index in [-0.39, 0.29) is 0 Å². The first kappa shape index (κ1) is 13.6. The summed E-state index contributed by atoms with van der Waals surface area (Å²) in [4.78, 5) is 6.42. The first-order valence-corrected chi connectivity index (χ1v) is 7.14. The van der Waals surface area contributed by atoms with E-state index >= 15 is 0 Å². The summed E-state index contributed by atoms with van der Waals surface area (Å²) in [6, 6.07) is 15.7. The Labute approximate surface area is 124 Å². The summed E-state index contributed by atoms with van der Waals surface area (Å²) in [5, 5.41) is 19.7. The average Bonchev–Trinajstić information content (AvgIpc) is 3.38. The molecule has 1 aliphatic rings. The van der Waals surface area contributed by atoms with Gasteiger partial charge in [-0.3, -0.25) is 0 Å². The fourth-order valence-corrected chi connectivity index (χ4v) is 2.47. The molecule has 0 saturated heterocycles. The van der Waals surface area contributed by atoms with Crippen LogP contribution in [0.2, 0.25) is 0 Å². The molecule has 0 aliphatic heterocycles. The molecular weight excluding hydrogens is 262 g/mol. The second kappa shape index (κ2) is 5.94. The summed E-state index contributed by atoms with van der Waals surface area (Å²) < 4.78 is 0. The van der Waals surface area contributed by atoms with Crippen LogP contribution in [0.3, 0.4) is 0 Å². The maximum atomic E-state index is 10.4. The second-order valence-electron chi connectivity index (χ2n) is 5.30.